The zero-order valence-electron chi connectivity index (χ0n) is 12.5. The Hall–Kier alpha value is -1.74. The fraction of sp³-hybridized carbons (Fsp3) is 0.278. The first-order chi connectivity index (χ1) is 10.1. The van der Waals surface area contributed by atoms with Crippen LogP contribution >= 0.6 is 11.8 Å². The van der Waals surface area contributed by atoms with Gasteiger partial charge in [0.1, 0.15) is 0 Å². The number of hydrogen-bond acceptors (Lipinski definition) is 3. The second kappa shape index (κ2) is 5.94. The lowest BCUT2D eigenvalue weighted by molar-refractivity contribution is 0.605. The fourth-order valence-electron chi connectivity index (χ4n) is 2.38. The highest BCUT2D eigenvalue weighted by atomic mass is 32.2. The maximum absolute atomic E-state index is 4.73. The molecule has 0 bridgehead atoms. The Kier molecular flexibility index (Phi) is 4.02. The molecular formula is C18H20N2S. The molecule has 2 aromatic carbocycles. The van der Waals surface area contributed by atoms with Crippen LogP contribution in [0, 0.1) is 0 Å². The van der Waals surface area contributed by atoms with Gasteiger partial charge in [0.15, 0.2) is 5.17 Å². The Morgan fingerprint density at radius 1 is 1.05 bits per heavy atom. The van der Waals surface area contributed by atoms with Crippen LogP contribution in [0.2, 0.25) is 0 Å². The van der Waals surface area contributed by atoms with Crippen molar-refractivity contribution in [1.29, 1.82) is 0 Å². The molecule has 108 valence electrons. The predicted octanol–water partition coefficient (Wildman–Crippen LogP) is 4.57. The maximum atomic E-state index is 4.73. The minimum atomic E-state index is 0.0430. The number of benzene rings is 2. The van der Waals surface area contributed by atoms with Gasteiger partial charge in [-0.25, -0.2) is 0 Å². The van der Waals surface area contributed by atoms with E-state index in [4.69, 9.17) is 4.99 Å². The van der Waals surface area contributed by atoms with E-state index in [0.29, 0.717) is 0 Å². The molecule has 1 N–H and O–H groups in total. The van der Waals surface area contributed by atoms with E-state index in [9.17, 15) is 0 Å². The molecule has 0 atom stereocenters. The summed E-state index contributed by atoms with van der Waals surface area (Å²) in [5.41, 5.74) is 3.83. The normalized spacial score (nSPS) is 16.6. The second-order valence-corrected chi connectivity index (χ2v) is 6.93. The van der Waals surface area contributed by atoms with Crippen LogP contribution in [0.1, 0.15) is 25.0 Å². The second-order valence-electron chi connectivity index (χ2n) is 5.96. The van der Waals surface area contributed by atoms with Crippen LogP contribution in [0.15, 0.2) is 59.6 Å². The Labute approximate surface area is 130 Å². The van der Waals surface area contributed by atoms with Crippen LogP contribution in [-0.4, -0.2) is 16.5 Å². The molecule has 0 saturated carbocycles. The van der Waals surface area contributed by atoms with Crippen molar-refractivity contribution in [3.63, 3.8) is 0 Å². The van der Waals surface area contributed by atoms with E-state index in [1.54, 1.807) is 11.8 Å². The number of anilines is 1. The standard InChI is InChI=1S/C18H20N2S/c1-18(2)13-21-17(20-18)19-16-11-7-6-10-15(16)12-14-8-4-3-5-9-14/h3-11H,12-13H2,1-2H3,(H,19,20). The quantitative estimate of drug-likeness (QED) is 0.897. The van der Waals surface area contributed by atoms with Crippen LogP contribution in [0.4, 0.5) is 5.69 Å². The lowest BCUT2D eigenvalue weighted by Crippen LogP contribution is -2.15. The van der Waals surface area contributed by atoms with Crippen molar-refractivity contribution >= 4 is 22.6 Å². The SMILES string of the molecule is CC1(C)CSC(Nc2ccccc2Cc2ccccc2)=N1. The molecule has 1 heterocycles. The summed E-state index contributed by atoms with van der Waals surface area (Å²) in [5.74, 6) is 1.04. The fourth-order valence-corrected chi connectivity index (χ4v) is 3.42. The average Bonchev–Trinajstić information content (AvgIpc) is 2.81. The van der Waals surface area contributed by atoms with Crippen LogP contribution < -0.4 is 5.32 Å². The van der Waals surface area contributed by atoms with E-state index < -0.39 is 0 Å². The largest absolute Gasteiger partial charge is 0.335 e. The highest BCUT2D eigenvalue weighted by Gasteiger charge is 2.25. The summed E-state index contributed by atoms with van der Waals surface area (Å²) in [7, 11) is 0. The van der Waals surface area contributed by atoms with Gasteiger partial charge in [-0.3, -0.25) is 4.99 Å². The smallest absolute Gasteiger partial charge is 0.161 e. The Morgan fingerprint density at radius 2 is 1.76 bits per heavy atom. The molecule has 0 radical (unpaired) electrons. The molecule has 0 amide bonds. The molecule has 2 nitrogen and oxygen atoms in total. The third-order valence-electron chi connectivity index (χ3n) is 3.46. The van der Waals surface area contributed by atoms with Crippen molar-refractivity contribution in [2.75, 3.05) is 11.1 Å². The van der Waals surface area contributed by atoms with Gasteiger partial charge in [0, 0.05) is 11.4 Å². The summed E-state index contributed by atoms with van der Waals surface area (Å²) in [6.07, 6.45) is 0.936. The number of nitrogens with one attached hydrogen (secondary N) is 1. The number of nitrogens with zero attached hydrogens (tertiary/aromatic N) is 1. The highest BCUT2D eigenvalue weighted by Crippen LogP contribution is 2.29. The average molecular weight is 296 g/mol. The third-order valence-corrected chi connectivity index (χ3v) is 4.78. The van der Waals surface area contributed by atoms with Crippen molar-refractivity contribution in [1.82, 2.24) is 0 Å². The number of amidine groups is 1. The molecule has 0 fully saturated rings. The van der Waals surface area contributed by atoms with Gasteiger partial charge in [0.2, 0.25) is 0 Å². The highest BCUT2D eigenvalue weighted by molar-refractivity contribution is 8.14. The minimum absolute atomic E-state index is 0.0430. The van der Waals surface area contributed by atoms with Gasteiger partial charge in [0.25, 0.3) is 0 Å². The summed E-state index contributed by atoms with van der Waals surface area (Å²) >= 11 is 1.80. The van der Waals surface area contributed by atoms with E-state index >= 15 is 0 Å². The lowest BCUT2D eigenvalue weighted by atomic mass is 10.0. The molecule has 0 aliphatic carbocycles. The Morgan fingerprint density at radius 3 is 2.48 bits per heavy atom. The maximum Gasteiger partial charge on any atom is 0.161 e. The van der Waals surface area contributed by atoms with Crippen LogP contribution in [0.3, 0.4) is 0 Å². The van der Waals surface area contributed by atoms with Crippen molar-refractivity contribution in [3.05, 3.63) is 65.7 Å². The Balaban J connectivity index is 1.80. The summed E-state index contributed by atoms with van der Waals surface area (Å²) in [6.45, 7) is 4.34. The van der Waals surface area contributed by atoms with Crippen molar-refractivity contribution in [3.8, 4) is 0 Å². The van der Waals surface area contributed by atoms with Gasteiger partial charge < -0.3 is 5.32 Å². The molecule has 1 aliphatic rings. The van der Waals surface area contributed by atoms with E-state index in [-0.39, 0.29) is 5.54 Å². The number of aliphatic imine (C=N–C) groups is 1. The monoisotopic (exact) mass is 296 g/mol. The van der Waals surface area contributed by atoms with Gasteiger partial charge in [-0.2, -0.15) is 0 Å². The first-order valence-electron chi connectivity index (χ1n) is 7.24. The van der Waals surface area contributed by atoms with Crippen LogP contribution in [0.5, 0.6) is 0 Å². The van der Waals surface area contributed by atoms with Gasteiger partial charge in [-0.1, -0.05) is 60.3 Å². The molecule has 3 heteroatoms. The zero-order chi connectivity index (χ0) is 14.7. The third kappa shape index (κ3) is 3.67. The summed E-state index contributed by atoms with van der Waals surface area (Å²) in [5, 5.41) is 4.53. The van der Waals surface area contributed by atoms with Crippen molar-refractivity contribution < 1.29 is 0 Å². The van der Waals surface area contributed by atoms with Gasteiger partial charge in [-0.05, 0) is 37.5 Å². The molecule has 0 saturated heterocycles. The topological polar surface area (TPSA) is 24.4 Å². The van der Waals surface area contributed by atoms with E-state index in [1.165, 1.54) is 11.1 Å². The predicted molar refractivity (Wildman–Crippen MR) is 93.3 cm³/mol. The van der Waals surface area contributed by atoms with E-state index in [2.05, 4.69) is 73.8 Å². The zero-order valence-corrected chi connectivity index (χ0v) is 13.3. The van der Waals surface area contributed by atoms with Gasteiger partial charge in [0.05, 0.1) is 5.54 Å². The Bertz CT molecular complexity index is 647. The van der Waals surface area contributed by atoms with E-state index in [0.717, 1.165) is 23.0 Å². The number of para-hydroxylation sites is 1. The number of rotatable bonds is 3. The number of hydrogen-bond donors (Lipinski definition) is 1. The van der Waals surface area contributed by atoms with Gasteiger partial charge in [-0.15, -0.1) is 0 Å². The molecular weight excluding hydrogens is 276 g/mol. The van der Waals surface area contributed by atoms with Crippen LogP contribution in [-0.2, 0) is 6.42 Å². The summed E-state index contributed by atoms with van der Waals surface area (Å²) in [6, 6.07) is 19.0. The first kappa shape index (κ1) is 14.2. The van der Waals surface area contributed by atoms with E-state index in [1.807, 2.05) is 0 Å². The molecule has 21 heavy (non-hydrogen) atoms. The molecule has 3 rings (SSSR count). The van der Waals surface area contributed by atoms with Crippen molar-refractivity contribution in [2.45, 2.75) is 25.8 Å². The van der Waals surface area contributed by atoms with Gasteiger partial charge >= 0.3 is 0 Å². The lowest BCUT2D eigenvalue weighted by Gasteiger charge is -2.12. The van der Waals surface area contributed by atoms with Crippen molar-refractivity contribution in [2.24, 2.45) is 4.99 Å². The molecule has 0 spiro atoms. The molecule has 2 aromatic rings. The number of thioether (sulfide) groups is 1. The summed E-state index contributed by atoms with van der Waals surface area (Å²) in [4.78, 5) is 4.73. The molecule has 0 aromatic heterocycles. The van der Waals surface area contributed by atoms with Crippen LogP contribution in [0.25, 0.3) is 0 Å². The minimum Gasteiger partial charge on any atom is -0.335 e. The molecule has 1 aliphatic heterocycles. The molecule has 0 unspecified atom stereocenters. The first-order valence-corrected chi connectivity index (χ1v) is 8.22. The summed E-state index contributed by atoms with van der Waals surface area (Å²) < 4.78 is 0.